The zero-order chi connectivity index (χ0) is 5.11. The van der Waals surface area contributed by atoms with E-state index in [9.17, 15) is 0 Å². The predicted molar refractivity (Wildman–Crippen MR) is 50.2 cm³/mol. The smallest absolute Gasteiger partial charge is 0.115 e. The molecule has 0 aliphatic carbocycles. The van der Waals surface area contributed by atoms with E-state index in [-0.39, 0.29) is 38.3 Å². The van der Waals surface area contributed by atoms with Crippen molar-refractivity contribution in [2.24, 2.45) is 0 Å². The van der Waals surface area contributed by atoms with Crippen molar-refractivity contribution in [1.82, 2.24) is 0 Å². The molecule has 10 heavy (non-hydrogen) atoms. The molecule has 58 valence electrons. The molecule has 0 saturated carbocycles. The van der Waals surface area contributed by atoms with Gasteiger partial charge in [-0.15, -0.1) is 24.8 Å². The van der Waals surface area contributed by atoms with Gasteiger partial charge < -0.3 is 5.11 Å². The summed E-state index contributed by atoms with van der Waals surface area (Å²) in [6.07, 6.45) is 0. The molecule has 1 aromatic rings. The van der Waals surface area contributed by atoms with E-state index in [2.05, 4.69) is 0 Å². The van der Waals surface area contributed by atoms with Crippen LogP contribution < -0.4 is 0 Å². The summed E-state index contributed by atoms with van der Waals surface area (Å²) in [6.45, 7) is 0. The van der Waals surface area contributed by atoms with Gasteiger partial charge in [0.2, 0.25) is 0 Å². The molecule has 2 radical (unpaired) electrons. The van der Waals surface area contributed by atoms with Crippen LogP contribution in [0, 0.1) is 0 Å². The van der Waals surface area contributed by atoms with Gasteiger partial charge in [0, 0.05) is 13.5 Å². The van der Waals surface area contributed by atoms with Crippen molar-refractivity contribution in [2.45, 2.75) is 0 Å². The molecule has 0 aromatic heterocycles. The summed E-state index contributed by atoms with van der Waals surface area (Å²) in [7, 11) is 0. The normalized spacial score (nSPS) is 6.00. The predicted octanol–water partition coefficient (Wildman–Crippen LogP) is 2.88. The lowest BCUT2D eigenvalue weighted by atomic mass is 10.3. The Labute approximate surface area is 79.7 Å². The van der Waals surface area contributed by atoms with Crippen LogP contribution >= 0.6 is 38.3 Å². The molecule has 0 fully saturated rings. The highest BCUT2D eigenvalue weighted by Crippen LogP contribution is 2.02. The van der Waals surface area contributed by atoms with E-state index in [0.29, 0.717) is 5.75 Å². The maximum atomic E-state index is 8.63. The third-order valence-electron chi connectivity index (χ3n) is 0.756. The quantitative estimate of drug-likeness (QED) is 0.681. The lowest BCUT2D eigenvalue weighted by Crippen LogP contribution is -1.56. The van der Waals surface area contributed by atoms with Crippen LogP contribution in [0.15, 0.2) is 30.3 Å². The maximum absolute atomic E-state index is 8.63. The number of phenolic OH excluding ortho intramolecular Hbond substituents is 1. The fraction of sp³-hybridized carbons (Fsp3) is 0. The van der Waals surface area contributed by atoms with E-state index in [4.69, 9.17) is 5.11 Å². The Kier molecular flexibility index (Phi) is 14.8. The van der Waals surface area contributed by atoms with Crippen LogP contribution in [0.1, 0.15) is 0 Å². The molecule has 0 spiro atoms. The van der Waals surface area contributed by atoms with E-state index < -0.39 is 0 Å². The van der Waals surface area contributed by atoms with Gasteiger partial charge in [0.1, 0.15) is 5.75 Å². The van der Waals surface area contributed by atoms with Crippen LogP contribution in [0.4, 0.5) is 0 Å². The van der Waals surface area contributed by atoms with Gasteiger partial charge in [0.25, 0.3) is 0 Å². The molecule has 1 N–H and O–H groups in total. The standard InChI is InChI=1S/C6H6O.2ClH.S/c7-6-4-2-1-3-5-6;;;/h1-5,7H;2*1H;. The number of para-hydroxylation sites is 1. The molecule has 0 atom stereocenters. The maximum Gasteiger partial charge on any atom is 0.115 e. The fourth-order valence-corrected chi connectivity index (χ4v) is 0.428. The molecule has 1 rings (SSSR count). The monoisotopic (exact) mass is 198 g/mol. The Balaban J connectivity index is -0.000000163. The highest BCUT2D eigenvalue weighted by Gasteiger charge is 1.74. The molecule has 0 amide bonds. The number of hydrogen-bond acceptors (Lipinski definition) is 1. The molecule has 0 saturated heterocycles. The lowest BCUT2D eigenvalue weighted by molar-refractivity contribution is 0.475. The Bertz CT molecular complexity index is 146. The highest BCUT2D eigenvalue weighted by molar-refractivity contribution is 7.59. The fourth-order valence-electron chi connectivity index (χ4n) is 0.428. The second kappa shape index (κ2) is 8.95. The van der Waals surface area contributed by atoms with E-state index in [1.165, 1.54) is 0 Å². The zero-order valence-corrected chi connectivity index (χ0v) is 7.51. The topological polar surface area (TPSA) is 20.2 Å². The van der Waals surface area contributed by atoms with Crippen molar-refractivity contribution < 1.29 is 5.11 Å². The van der Waals surface area contributed by atoms with Crippen LogP contribution in [0.5, 0.6) is 5.75 Å². The minimum Gasteiger partial charge on any atom is -0.508 e. The number of halogens is 2. The van der Waals surface area contributed by atoms with Crippen molar-refractivity contribution >= 4 is 38.3 Å². The third kappa shape index (κ3) is 6.08. The Morgan fingerprint density at radius 3 is 1.50 bits per heavy atom. The summed E-state index contributed by atoms with van der Waals surface area (Å²) in [5, 5.41) is 8.63. The number of phenols is 1. The highest BCUT2D eigenvalue weighted by atomic mass is 35.5. The second-order valence-electron chi connectivity index (χ2n) is 1.34. The van der Waals surface area contributed by atoms with Crippen molar-refractivity contribution in [1.29, 1.82) is 0 Å². The van der Waals surface area contributed by atoms with Crippen LogP contribution in [-0.2, 0) is 0 Å². The van der Waals surface area contributed by atoms with Gasteiger partial charge in [0.05, 0.1) is 0 Å². The Morgan fingerprint density at radius 1 is 0.900 bits per heavy atom. The van der Waals surface area contributed by atoms with Crippen molar-refractivity contribution in [3.63, 3.8) is 0 Å². The minimum absolute atomic E-state index is 0. The zero-order valence-electron chi connectivity index (χ0n) is 5.06. The second-order valence-corrected chi connectivity index (χ2v) is 1.34. The first-order valence-electron chi connectivity index (χ1n) is 2.13. The number of benzene rings is 1. The van der Waals surface area contributed by atoms with Gasteiger partial charge in [0.15, 0.2) is 0 Å². The van der Waals surface area contributed by atoms with Gasteiger partial charge in [-0.05, 0) is 12.1 Å². The van der Waals surface area contributed by atoms with Crippen LogP contribution in [0.3, 0.4) is 0 Å². The minimum atomic E-state index is 0. The summed E-state index contributed by atoms with van der Waals surface area (Å²) < 4.78 is 0. The van der Waals surface area contributed by atoms with Crippen LogP contribution in [-0.4, -0.2) is 5.11 Å². The molecule has 0 aliphatic rings. The van der Waals surface area contributed by atoms with Crippen molar-refractivity contribution in [3.8, 4) is 5.75 Å². The van der Waals surface area contributed by atoms with Crippen molar-refractivity contribution in [3.05, 3.63) is 30.3 Å². The molecule has 0 bridgehead atoms. The van der Waals surface area contributed by atoms with Crippen LogP contribution in [0.2, 0.25) is 0 Å². The van der Waals surface area contributed by atoms with Crippen LogP contribution in [0.25, 0.3) is 0 Å². The van der Waals surface area contributed by atoms with Gasteiger partial charge in [-0.2, -0.15) is 0 Å². The first-order valence-corrected chi connectivity index (χ1v) is 2.13. The SMILES string of the molecule is Cl.Cl.Oc1ccccc1.[S]. The van der Waals surface area contributed by atoms with Gasteiger partial charge in [-0.25, -0.2) is 0 Å². The van der Waals surface area contributed by atoms with E-state index in [1.807, 2.05) is 6.07 Å². The summed E-state index contributed by atoms with van der Waals surface area (Å²) in [4.78, 5) is 0. The summed E-state index contributed by atoms with van der Waals surface area (Å²) in [6, 6.07) is 8.71. The molecule has 0 heterocycles. The molecule has 0 unspecified atom stereocenters. The summed E-state index contributed by atoms with van der Waals surface area (Å²) >= 11 is 0. The molecule has 0 aliphatic heterocycles. The molecular formula is C6H8Cl2OS. The van der Waals surface area contributed by atoms with E-state index in [0.717, 1.165) is 0 Å². The molecule has 1 aromatic carbocycles. The third-order valence-corrected chi connectivity index (χ3v) is 0.756. The lowest BCUT2D eigenvalue weighted by Gasteiger charge is -1.82. The first kappa shape index (κ1) is 16.5. The number of aromatic hydroxyl groups is 1. The van der Waals surface area contributed by atoms with Gasteiger partial charge in [-0.3, -0.25) is 0 Å². The molecule has 1 nitrogen and oxygen atoms in total. The van der Waals surface area contributed by atoms with Gasteiger partial charge in [-0.1, -0.05) is 18.2 Å². The molecular weight excluding hydrogens is 191 g/mol. The van der Waals surface area contributed by atoms with E-state index in [1.54, 1.807) is 24.3 Å². The number of hydrogen-bond donors (Lipinski definition) is 1. The largest absolute Gasteiger partial charge is 0.508 e. The Hall–Kier alpha value is -0.0500. The van der Waals surface area contributed by atoms with Gasteiger partial charge >= 0.3 is 0 Å². The van der Waals surface area contributed by atoms with E-state index >= 15 is 0 Å². The summed E-state index contributed by atoms with van der Waals surface area (Å²) in [5.41, 5.74) is 0. The van der Waals surface area contributed by atoms with Crippen molar-refractivity contribution in [2.75, 3.05) is 0 Å². The molecule has 4 heteroatoms. The summed E-state index contributed by atoms with van der Waals surface area (Å²) in [5.74, 6) is 0.322. The first-order chi connectivity index (χ1) is 3.39. The Morgan fingerprint density at radius 2 is 1.30 bits per heavy atom. The average Bonchev–Trinajstić information content (AvgIpc) is 1.69. The average molecular weight is 199 g/mol. The number of rotatable bonds is 0.